The van der Waals surface area contributed by atoms with Gasteiger partial charge in [-0.25, -0.2) is 0 Å². The summed E-state index contributed by atoms with van der Waals surface area (Å²) in [5.41, 5.74) is 0. The second-order valence-electron chi connectivity index (χ2n) is 4.27. The Kier molecular flexibility index (Phi) is 1.74. The molecule has 0 saturated heterocycles. The van der Waals surface area contributed by atoms with Crippen LogP contribution in [0.25, 0.3) is 0 Å². The third-order valence-electron chi connectivity index (χ3n) is 3.36. The molecule has 2 saturated carbocycles. The highest BCUT2D eigenvalue weighted by molar-refractivity contribution is 5.84. The number of carbonyl (C=O) groups is 1. The van der Waals surface area contributed by atoms with Crippen molar-refractivity contribution in [2.75, 3.05) is 0 Å². The van der Waals surface area contributed by atoms with E-state index in [9.17, 15) is 4.79 Å². The second-order valence-corrected chi connectivity index (χ2v) is 4.27. The SMILES string of the molecule is CC1CC2CCCC(C2)C1=O. The Morgan fingerprint density at radius 2 is 2.09 bits per heavy atom. The minimum absolute atomic E-state index is 0.374. The van der Waals surface area contributed by atoms with E-state index in [2.05, 4.69) is 6.92 Å². The van der Waals surface area contributed by atoms with E-state index in [1.54, 1.807) is 0 Å². The van der Waals surface area contributed by atoms with E-state index >= 15 is 0 Å². The number of hydrogen-bond acceptors (Lipinski definition) is 1. The highest BCUT2D eigenvalue weighted by Gasteiger charge is 2.35. The zero-order valence-electron chi connectivity index (χ0n) is 7.18. The van der Waals surface area contributed by atoms with Crippen LogP contribution in [-0.4, -0.2) is 5.78 Å². The molecule has 0 aromatic rings. The molecule has 62 valence electrons. The normalized spacial score (nSPS) is 44.1. The van der Waals surface area contributed by atoms with Crippen molar-refractivity contribution in [2.45, 2.75) is 39.0 Å². The third-order valence-corrected chi connectivity index (χ3v) is 3.36. The first-order valence-corrected chi connectivity index (χ1v) is 4.81. The molecule has 0 radical (unpaired) electrons. The minimum Gasteiger partial charge on any atom is -0.299 e. The van der Waals surface area contributed by atoms with Gasteiger partial charge in [0.1, 0.15) is 5.78 Å². The maximum Gasteiger partial charge on any atom is 0.138 e. The van der Waals surface area contributed by atoms with E-state index in [1.165, 1.54) is 32.1 Å². The summed E-state index contributed by atoms with van der Waals surface area (Å²) in [7, 11) is 0. The first-order valence-electron chi connectivity index (χ1n) is 4.81. The number of rotatable bonds is 0. The Balaban J connectivity index is 2.11. The molecule has 0 aromatic heterocycles. The molecule has 2 rings (SSSR count). The van der Waals surface area contributed by atoms with E-state index < -0.39 is 0 Å². The highest BCUT2D eigenvalue weighted by atomic mass is 16.1. The summed E-state index contributed by atoms with van der Waals surface area (Å²) in [4.78, 5) is 11.5. The van der Waals surface area contributed by atoms with Crippen LogP contribution in [-0.2, 0) is 4.79 Å². The Hall–Kier alpha value is -0.330. The lowest BCUT2D eigenvalue weighted by atomic mass is 9.68. The molecule has 2 aliphatic rings. The standard InChI is InChI=1S/C10H16O/c1-7-5-8-3-2-4-9(6-8)10(7)11/h7-9H,2-6H2,1H3. The van der Waals surface area contributed by atoms with Gasteiger partial charge in [0.05, 0.1) is 0 Å². The predicted molar refractivity (Wildman–Crippen MR) is 44.2 cm³/mol. The quantitative estimate of drug-likeness (QED) is 0.521. The molecule has 0 spiro atoms. The Morgan fingerprint density at radius 3 is 2.91 bits per heavy atom. The molecule has 1 nitrogen and oxygen atoms in total. The van der Waals surface area contributed by atoms with Gasteiger partial charge in [0.25, 0.3) is 0 Å². The maximum atomic E-state index is 11.5. The molecule has 1 heteroatoms. The van der Waals surface area contributed by atoms with Gasteiger partial charge in [-0.05, 0) is 25.2 Å². The van der Waals surface area contributed by atoms with Crippen LogP contribution in [0.15, 0.2) is 0 Å². The molecule has 2 fully saturated rings. The van der Waals surface area contributed by atoms with E-state index in [1.807, 2.05) is 0 Å². The summed E-state index contributed by atoms with van der Waals surface area (Å²) < 4.78 is 0. The van der Waals surface area contributed by atoms with Crippen LogP contribution in [0, 0.1) is 17.8 Å². The van der Waals surface area contributed by atoms with E-state index in [0.29, 0.717) is 17.6 Å². The zero-order valence-corrected chi connectivity index (χ0v) is 7.18. The number of hydrogen-bond donors (Lipinski definition) is 0. The van der Waals surface area contributed by atoms with Gasteiger partial charge in [0, 0.05) is 11.8 Å². The van der Waals surface area contributed by atoms with Crippen LogP contribution in [0.4, 0.5) is 0 Å². The van der Waals surface area contributed by atoms with E-state index in [-0.39, 0.29) is 0 Å². The van der Waals surface area contributed by atoms with Crippen molar-refractivity contribution in [1.29, 1.82) is 0 Å². The predicted octanol–water partition coefficient (Wildman–Crippen LogP) is 2.40. The van der Waals surface area contributed by atoms with Gasteiger partial charge in [-0.2, -0.15) is 0 Å². The van der Waals surface area contributed by atoms with Crippen molar-refractivity contribution < 1.29 is 4.79 Å². The fourth-order valence-corrected chi connectivity index (χ4v) is 2.78. The molecule has 0 aliphatic heterocycles. The first-order chi connectivity index (χ1) is 5.27. The summed E-state index contributed by atoms with van der Waals surface area (Å²) in [5.74, 6) is 2.28. The van der Waals surface area contributed by atoms with Crippen molar-refractivity contribution in [3.05, 3.63) is 0 Å². The van der Waals surface area contributed by atoms with Gasteiger partial charge >= 0.3 is 0 Å². The van der Waals surface area contributed by atoms with Crippen molar-refractivity contribution in [3.8, 4) is 0 Å². The molecule has 0 N–H and O–H groups in total. The van der Waals surface area contributed by atoms with Gasteiger partial charge in [-0.15, -0.1) is 0 Å². The van der Waals surface area contributed by atoms with Crippen LogP contribution >= 0.6 is 0 Å². The van der Waals surface area contributed by atoms with Gasteiger partial charge in [0.15, 0.2) is 0 Å². The molecular weight excluding hydrogens is 136 g/mol. The lowest BCUT2D eigenvalue weighted by Gasteiger charge is -2.36. The van der Waals surface area contributed by atoms with E-state index in [0.717, 1.165) is 5.92 Å². The molecule has 2 aliphatic carbocycles. The molecule has 3 atom stereocenters. The lowest BCUT2D eigenvalue weighted by molar-refractivity contribution is -0.131. The van der Waals surface area contributed by atoms with Gasteiger partial charge in [0.2, 0.25) is 0 Å². The monoisotopic (exact) mass is 152 g/mol. The van der Waals surface area contributed by atoms with E-state index in [4.69, 9.17) is 0 Å². The number of Topliss-reactive ketones (excluding diaryl/α,β-unsaturated/α-hetero) is 1. The average Bonchev–Trinajstić information content (AvgIpc) is 2.01. The summed E-state index contributed by atoms with van der Waals surface area (Å²) in [6, 6.07) is 0. The largest absolute Gasteiger partial charge is 0.299 e. The van der Waals surface area contributed by atoms with Crippen LogP contribution in [0.1, 0.15) is 39.0 Å². The zero-order chi connectivity index (χ0) is 7.84. The first kappa shape index (κ1) is 7.33. The van der Waals surface area contributed by atoms with Crippen LogP contribution in [0.3, 0.4) is 0 Å². The highest BCUT2D eigenvalue weighted by Crippen LogP contribution is 2.39. The van der Waals surface area contributed by atoms with Gasteiger partial charge < -0.3 is 0 Å². The molecule has 0 aromatic carbocycles. The summed E-state index contributed by atoms with van der Waals surface area (Å²) in [6.07, 6.45) is 6.25. The number of fused-ring (bicyclic) bond motifs is 2. The third kappa shape index (κ3) is 1.21. The van der Waals surface area contributed by atoms with Crippen LogP contribution in [0.5, 0.6) is 0 Å². The fraction of sp³-hybridized carbons (Fsp3) is 0.900. The summed E-state index contributed by atoms with van der Waals surface area (Å²) >= 11 is 0. The number of carbonyl (C=O) groups excluding carboxylic acids is 1. The summed E-state index contributed by atoms with van der Waals surface area (Å²) in [6.45, 7) is 2.10. The Morgan fingerprint density at radius 1 is 1.27 bits per heavy atom. The van der Waals surface area contributed by atoms with Crippen molar-refractivity contribution in [2.24, 2.45) is 17.8 Å². The molecule has 11 heavy (non-hydrogen) atoms. The second kappa shape index (κ2) is 2.62. The summed E-state index contributed by atoms with van der Waals surface area (Å²) in [5, 5.41) is 0. The molecule has 2 bridgehead atoms. The van der Waals surface area contributed by atoms with Crippen molar-refractivity contribution >= 4 is 5.78 Å². The Labute approximate surface area is 68.2 Å². The minimum atomic E-state index is 0.374. The molecule has 0 amide bonds. The molecule has 3 unspecified atom stereocenters. The van der Waals surface area contributed by atoms with Crippen molar-refractivity contribution in [1.82, 2.24) is 0 Å². The molecular formula is C10H16O. The average molecular weight is 152 g/mol. The topological polar surface area (TPSA) is 17.1 Å². The van der Waals surface area contributed by atoms with Crippen LogP contribution < -0.4 is 0 Å². The lowest BCUT2D eigenvalue weighted by Crippen LogP contribution is -2.34. The van der Waals surface area contributed by atoms with Gasteiger partial charge in [-0.1, -0.05) is 19.8 Å². The smallest absolute Gasteiger partial charge is 0.138 e. The van der Waals surface area contributed by atoms with Crippen LogP contribution in [0.2, 0.25) is 0 Å². The molecule has 0 heterocycles. The Bertz CT molecular complexity index is 172. The van der Waals surface area contributed by atoms with Crippen molar-refractivity contribution in [3.63, 3.8) is 0 Å². The van der Waals surface area contributed by atoms with Gasteiger partial charge in [-0.3, -0.25) is 4.79 Å². The maximum absolute atomic E-state index is 11.5. The number of ketones is 1. The fourth-order valence-electron chi connectivity index (χ4n) is 2.78.